The topological polar surface area (TPSA) is 39.1 Å². The first kappa shape index (κ1) is 24.1. The van der Waals surface area contributed by atoms with Crippen molar-refractivity contribution in [2.24, 2.45) is 0 Å². The van der Waals surface area contributed by atoms with Gasteiger partial charge in [0.15, 0.2) is 0 Å². The molecule has 1 atom stereocenters. The van der Waals surface area contributed by atoms with Crippen molar-refractivity contribution in [2.45, 2.75) is 26.0 Å². The van der Waals surface area contributed by atoms with E-state index in [2.05, 4.69) is 36.1 Å². The van der Waals surface area contributed by atoms with Gasteiger partial charge < -0.3 is 10.1 Å². The highest BCUT2D eigenvalue weighted by Crippen LogP contribution is 2.33. The number of rotatable bonds is 10. The van der Waals surface area contributed by atoms with Crippen molar-refractivity contribution in [2.75, 3.05) is 6.61 Å². The van der Waals surface area contributed by atoms with Crippen molar-refractivity contribution in [3.8, 4) is 16.9 Å². The molecule has 1 N–H and O–H groups in total. The summed E-state index contributed by atoms with van der Waals surface area (Å²) in [4.78, 5) is 0. The Bertz CT molecular complexity index is 1240. The van der Waals surface area contributed by atoms with Crippen molar-refractivity contribution in [3.05, 3.63) is 113 Å². The molecule has 0 spiro atoms. The third-order valence-corrected chi connectivity index (χ3v) is 6.12. The van der Waals surface area contributed by atoms with E-state index in [9.17, 15) is 0 Å². The Labute approximate surface area is 210 Å². The minimum absolute atomic E-state index is 0.113. The van der Waals surface area contributed by atoms with Gasteiger partial charge in [0.1, 0.15) is 0 Å². The van der Waals surface area contributed by atoms with Crippen molar-refractivity contribution in [3.63, 3.8) is 0 Å². The fraction of sp³-hybridized carbons (Fsp3) is 0.179. The molecule has 34 heavy (non-hydrogen) atoms. The molecule has 4 aromatic rings. The minimum atomic E-state index is 0.113. The van der Waals surface area contributed by atoms with E-state index in [4.69, 9.17) is 27.9 Å². The summed E-state index contributed by atoms with van der Waals surface area (Å²) in [6, 6.07) is 25.8. The molecule has 0 aliphatic rings. The van der Waals surface area contributed by atoms with Gasteiger partial charge in [0.25, 0.3) is 0 Å². The molecular weight excluding hydrogens is 465 g/mol. The number of hydrogen-bond donors (Lipinski definition) is 1. The standard InChI is InChI=1S/C28H27Cl2N3O/c1-3-24(19-34-18-21-10-6-4-7-11-21)32-20(2)25-17-31-33(27-15-14-23(29)16-26(27)30)28(25)22-12-8-5-9-13-22/h4-17,24,32H,2-3,18-19H2,1H3/t24-/m1/s1. The van der Waals surface area contributed by atoms with Crippen molar-refractivity contribution < 1.29 is 4.74 Å². The zero-order valence-electron chi connectivity index (χ0n) is 19.0. The van der Waals surface area contributed by atoms with E-state index in [-0.39, 0.29) is 6.04 Å². The lowest BCUT2D eigenvalue weighted by atomic mass is 10.0. The van der Waals surface area contributed by atoms with E-state index in [1.165, 1.54) is 0 Å². The van der Waals surface area contributed by atoms with Crippen LogP contribution in [0.25, 0.3) is 22.6 Å². The van der Waals surface area contributed by atoms with Crippen LogP contribution in [-0.4, -0.2) is 22.4 Å². The summed E-state index contributed by atoms with van der Waals surface area (Å²) in [7, 11) is 0. The van der Waals surface area contributed by atoms with Crippen LogP contribution in [0.15, 0.2) is 91.6 Å². The maximum absolute atomic E-state index is 6.53. The van der Waals surface area contributed by atoms with Gasteiger partial charge in [0.2, 0.25) is 0 Å². The number of hydrogen-bond acceptors (Lipinski definition) is 3. The van der Waals surface area contributed by atoms with E-state index in [1.54, 1.807) is 6.07 Å². The first-order valence-electron chi connectivity index (χ1n) is 11.2. The minimum Gasteiger partial charge on any atom is -0.380 e. The molecule has 0 amide bonds. The van der Waals surface area contributed by atoms with Gasteiger partial charge in [-0.25, -0.2) is 4.68 Å². The summed E-state index contributed by atoms with van der Waals surface area (Å²) in [6.07, 6.45) is 2.71. The summed E-state index contributed by atoms with van der Waals surface area (Å²) in [5, 5.41) is 9.31. The maximum atomic E-state index is 6.53. The summed E-state index contributed by atoms with van der Waals surface area (Å²) in [6.45, 7) is 7.61. The van der Waals surface area contributed by atoms with Crippen LogP contribution in [0.3, 0.4) is 0 Å². The molecule has 4 rings (SSSR count). The number of benzene rings is 3. The average molecular weight is 492 g/mol. The Morgan fingerprint density at radius 3 is 2.41 bits per heavy atom. The highest BCUT2D eigenvalue weighted by molar-refractivity contribution is 6.35. The quantitative estimate of drug-likeness (QED) is 0.251. The molecule has 0 aliphatic heterocycles. The van der Waals surface area contributed by atoms with Crippen LogP contribution in [0.2, 0.25) is 10.0 Å². The van der Waals surface area contributed by atoms with Crippen LogP contribution in [0, 0.1) is 0 Å². The third kappa shape index (κ3) is 5.71. The molecule has 0 bridgehead atoms. The molecule has 0 radical (unpaired) electrons. The molecule has 0 unspecified atom stereocenters. The van der Waals surface area contributed by atoms with E-state index in [0.717, 1.165) is 40.2 Å². The van der Waals surface area contributed by atoms with E-state index < -0.39 is 0 Å². The van der Waals surface area contributed by atoms with Crippen LogP contribution in [0.4, 0.5) is 0 Å². The Hall–Kier alpha value is -3.05. The fourth-order valence-corrected chi connectivity index (χ4v) is 4.25. The Balaban J connectivity index is 1.57. The molecule has 1 heterocycles. The number of ether oxygens (including phenoxy) is 1. The van der Waals surface area contributed by atoms with E-state index in [0.29, 0.717) is 23.3 Å². The van der Waals surface area contributed by atoms with Crippen LogP contribution in [-0.2, 0) is 11.3 Å². The number of nitrogens with one attached hydrogen (secondary N) is 1. The van der Waals surface area contributed by atoms with Crippen molar-refractivity contribution in [1.82, 2.24) is 15.1 Å². The first-order valence-corrected chi connectivity index (χ1v) is 12.0. The lowest BCUT2D eigenvalue weighted by molar-refractivity contribution is 0.102. The largest absolute Gasteiger partial charge is 0.380 e. The summed E-state index contributed by atoms with van der Waals surface area (Å²) in [5.74, 6) is 0. The molecule has 1 aromatic heterocycles. The molecule has 0 saturated heterocycles. The average Bonchev–Trinajstić information content (AvgIpc) is 3.29. The highest BCUT2D eigenvalue weighted by atomic mass is 35.5. The summed E-state index contributed by atoms with van der Waals surface area (Å²) in [5.41, 5.74) is 5.51. The van der Waals surface area contributed by atoms with Gasteiger partial charge >= 0.3 is 0 Å². The Morgan fingerprint density at radius 1 is 1.03 bits per heavy atom. The van der Waals surface area contributed by atoms with Crippen LogP contribution < -0.4 is 5.32 Å². The van der Waals surface area contributed by atoms with Crippen LogP contribution in [0.5, 0.6) is 0 Å². The molecule has 174 valence electrons. The molecule has 3 aromatic carbocycles. The lowest BCUT2D eigenvalue weighted by Gasteiger charge is -2.21. The van der Waals surface area contributed by atoms with Crippen LogP contribution >= 0.6 is 23.2 Å². The van der Waals surface area contributed by atoms with Crippen molar-refractivity contribution in [1.29, 1.82) is 0 Å². The van der Waals surface area contributed by atoms with Gasteiger partial charge in [0, 0.05) is 27.9 Å². The summed E-state index contributed by atoms with van der Waals surface area (Å²) < 4.78 is 7.81. The SMILES string of the molecule is C=C(N[C@H](CC)COCc1ccccc1)c1cnn(-c2ccc(Cl)cc2Cl)c1-c1ccccc1. The number of aromatic nitrogens is 2. The smallest absolute Gasteiger partial charge is 0.0840 e. The second-order valence-electron chi connectivity index (χ2n) is 8.01. The second kappa shape index (κ2) is 11.4. The van der Waals surface area contributed by atoms with Crippen molar-refractivity contribution >= 4 is 28.9 Å². The van der Waals surface area contributed by atoms with Gasteiger partial charge in [-0.05, 0) is 30.2 Å². The highest BCUT2D eigenvalue weighted by Gasteiger charge is 2.19. The molecule has 0 fully saturated rings. The van der Waals surface area contributed by atoms with Gasteiger partial charge in [-0.15, -0.1) is 0 Å². The third-order valence-electron chi connectivity index (χ3n) is 5.58. The van der Waals surface area contributed by atoms with Crippen LogP contribution in [0.1, 0.15) is 24.5 Å². The normalized spacial score (nSPS) is 11.9. The lowest BCUT2D eigenvalue weighted by Crippen LogP contribution is -2.31. The van der Waals surface area contributed by atoms with Gasteiger partial charge in [-0.3, -0.25) is 0 Å². The van der Waals surface area contributed by atoms with E-state index in [1.807, 2.05) is 71.5 Å². The predicted molar refractivity (Wildman–Crippen MR) is 141 cm³/mol. The first-order chi connectivity index (χ1) is 16.6. The van der Waals surface area contributed by atoms with E-state index >= 15 is 0 Å². The second-order valence-corrected chi connectivity index (χ2v) is 8.85. The monoisotopic (exact) mass is 491 g/mol. The zero-order valence-corrected chi connectivity index (χ0v) is 20.6. The molecule has 0 saturated carbocycles. The molecule has 4 nitrogen and oxygen atoms in total. The molecular formula is C28H27Cl2N3O. The Morgan fingerprint density at radius 2 is 1.74 bits per heavy atom. The molecule has 0 aliphatic carbocycles. The summed E-state index contributed by atoms with van der Waals surface area (Å²) >= 11 is 12.6. The predicted octanol–water partition coefficient (Wildman–Crippen LogP) is 7.40. The zero-order chi connectivity index (χ0) is 23.9. The fourth-order valence-electron chi connectivity index (χ4n) is 3.76. The van der Waals surface area contributed by atoms with Gasteiger partial charge in [0.05, 0.1) is 35.8 Å². The number of nitrogens with zero attached hydrogens (tertiary/aromatic N) is 2. The van der Waals surface area contributed by atoms with Gasteiger partial charge in [-0.1, -0.05) is 97.4 Å². The maximum Gasteiger partial charge on any atom is 0.0840 e. The Kier molecular flexibility index (Phi) is 8.07. The van der Waals surface area contributed by atoms with Gasteiger partial charge in [-0.2, -0.15) is 5.10 Å². The number of halogens is 2. The molecule has 6 heteroatoms.